The van der Waals surface area contributed by atoms with Gasteiger partial charge in [-0.15, -0.1) is 0 Å². The fraction of sp³-hybridized carbons (Fsp3) is 0.600. The third-order valence-electron chi connectivity index (χ3n) is 4.12. The maximum Gasteiger partial charge on any atom is 0.229 e. The van der Waals surface area contributed by atoms with Crippen LogP contribution in [0.3, 0.4) is 0 Å². The summed E-state index contributed by atoms with van der Waals surface area (Å²) in [6, 6.07) is 1.90. The van der Waals surface area contributed by atoms with Gasteiger partial charge in [-0.25, -0.2) is 21.6 Å². The summed E-state index contributed by atoms with van der Waals surface area (Å²) in [5.74, 6) is -2.27. The predicted molar refractivity (Wildman–Crippen MR) is 83.3 cm³/mol. The number of alkyl halides is 1. The molecule has 0 amide bonds. The second-order valence-corrected chi connectivity index (χ2v) is 7.70. The van der Waals surface area contributed by atoms with Crippen molar-refractivity contribution in [2.75, 3.05) is 24.1 Å². The quantitative estimate of drug-likeness (QED) is 0.828. The van der Waals surface area contributed by atoms with Crippen molar-refractivity contribution in [3.8, 4) is 0 Å². The maximum atomic E-state index is 14.9. The Bertz CT molecular complexity index is 667. The molecule has 0 spiro atoms. The molecule has 2 unspecified atom stereocenters. The standard InChI is InChI=1S/C15H21F3N2O2S/c1-3-10-5-4-8-20(9-10)15(18)11-6-7-12(16)13(17)14(11)19-23(2,21)22/h6-7,10,15,19H,3-5,8-9H2,1-2H3. The Kier molecular flexibility index (Phi) is 5.57. The fourth-order valence-corrected chi connectivity index (χ4v) is 3.46. The number of anilines is 1. The minimum atomic E-state index is -3.86. The number of hydrogen-bond acceptors (Lipinski definition) is 3. The normalized spacial score (nSPS) is 21.2. The molecule has 1 fully saturated rings. The smallest absolute Gasteiger partial charge is 0.229 e. The molecule has 4 nitrogen and oxygen atoms in total. The van der Waals surface area contributed by atoms with Gasteiger partial charge in [-0.2, -0.15) is 0 Å². The van der Waals surface area contributed by atoms with Crippen molar-refractivity contribution in [1.29, 1.82) is 0 Å². The Morgan fingerprint density at radius 3 is 2.70 bits per heavy atom. The van der Waals surface area contributed by atoms with Crippen molar-refractivity contribution in [2.45, 2.75) is 32.5 Å². The summed E-state index contributed by atoms with van der Waals surface area (Å²) < 4.78 is 66.9. The number of piperidine rings is 1. The lowest BCUT2D eigenvalue weighted by Gasteiger charge is -2.35. The van der Waals surface area contributed by atoms with Crippen molar-refractivity contribution in [1.82, 2.24) is 4.90 Å². The summed E-state index contributed by atoms with van der Waals surface area (Å²) in [6.07, 6.45) is 1.85. The molecule has 1 aliphatic rings. The summed E-state index contributed by atoms with van der Waals surface area (Å²) in [6.45, 7) is 3.03. The summed E-state index contributed by atoms with van der Waals surface area (Å²) >= 11 is 0. The fourth-order valence-electron chi connectivity index (χ4n) is 2.89. The van der Waals surface area contributed by atoms with E-state index in [0.717, 1.165) is 37.7 Å². The van der Waals surface area contributed by atoms with Crippen LogP contribution >= 0.6 is 0 Å². The van der Waals surface area contributed by atoms with Crippen LogP contribution in [0.4, 0.5) is 18.9 Å². The van der Waals surface area contributed by atoms with Gasteiger partial charge in [-0.1, -0.05) is 13.3 Å². The zero-order chi connectivity index (χ0) is 17.2. The molecule has 1 aliphatic heterocycles. The molecule has 0 bridgehead atoms. The molecule has 2 rings (SSSR count). The van der Waals surface area contributed by atoms with Gasteiger partial charge < -0.3 is 0 Å². The van der Waals surface area contributed by atoms with Gasteiger partial charge in [-0.05, 0) is 30.9 Å². The van der Waals surface area contributed by atoms with Crippen LogP contribution in [0.2, 0.25) is 0 Å². The minimum absolute atomic E-state index is 0.203. The van der Waals surface area contributed by atoms with Crippen molar-refractivity contribution in [3.63, 3.8) is 0 Å². The summed E-state index contributed by atoms with van der Waals surface area (Å²) in [7, 11) is -3.86. The average Bonchev–Trinajstić information content (AvgIpc) is 2.50. The molecule has 0 aliphatic carbocycles. The summed E-state index contributed by atoms with van der Waals surface area (Å²) in [5, 5.41) is 0. The molecule has 1 N–H and O–H groups in total. The van der Waals surface area contributed by atoms with Crippen molar-refractivity contribution in [2.24, 2.45) is 5.92 Å². The SMILES string of the molecule is CCC1CCCN(C(F)c2ccc(F)c(F)c2NS(C)(=O)=O)C1. The number of nitrogens with zero attached hydrogens (tertiary/aromatic N) is 1. The van der Waals surface area contributed by atoms with E-state index in [0.29, 0.717) is 19.0 Å². The third kappa shape index (κ3) is 4.38. The molecule has 0 radical (unpaired) electrons. The van der Waals surface area contributed by atoms with Crippen LogP contribution in [-0.4, -0.2) is 32.7 Å². The van der Waals surface area contributed by atoms with Crippen LogP contribution in [0.5, 0.6) is 0 Å². The zero-order valence-electron chi connectivity index (χ0n) is 13.2. The third-order valence-corrected chi connectivity index (χ3v) is 4.69. The molecule has 1 aromatic rings. The highest BCUT2D eigenvalue weighted by molar-refractivity contribution is 7.92. The number of nitrogens with one attached hydrogen (secondary N) is 1. The van der Waals surface area contributed by atoms with Crippen LogP contribution in [0.1, 0.15) is 38.0 Å². The molecule has 23 heavy (non-hydrogen) atoms. The highest BCUT2D eigenvalue weighted by Gasteiger charge is 2.30. The van der Waals surface area contributed by atoms with E-state index in [-0.39, 0.29) is 5.56 Å². The van der Waals surface area contributed by atoms with Crippen molar-refractivity contribution in [3.05, 3.63) is 29.3 Å². The van der Waals surface area contributed by atoms with E-state index in [2.05, 4.69) is 0 Å². The van der Waals surface area contributed by atoms with Crippen LogP contribution in [0.15, 0.2) is 12.1 Å². The number of rotatable bonds is 5. The topological polar surface area (TPSA) is 49.4 Å². The molecule has 1 heterocycles. The first-order chi connectivity index (χ1) is 10.7. The van der Waals surface area contributed by atoms with E-state index in [1.165, 1.54) is 4.90 Å². The van der Waals surface area contributed by atoms with Crippen molar-refractivity contribution >= 4 is 15.7 Å². The lowest BCUT2D eigenvalue weighted by Crippen LogP contribution is -2.37. The first-order valence-corrected chi connectivity index (χ1v) is 9.46. The average molecular weight is 350 g/mol. The molecule has 0 aromatic heterocycles. The highest BCUT2D eigenvalue weighted by Crippen LogP contribution is 2.35. The molecule has 1 saturated heterocycles. The summed E-state index contributed by atoms with van der Waals surface area (Å²) in [4.78, 5) is 1.54. The van der Waals surface area contributed by atoms with Crippen LogP contribution in [0, 0.1) is 17.6 Å². The number of likely N-dealkylation sites (tertiary alicyclic amines) is 1. The van der Waals surface area contributed by atoms with Gasteiger partial charge in [0.2, 0.25) is 10.0 Å². The molecule has 0 saturated carbocycles. The summed E-state index contributed by atoms with van der Waals surface area (Å²) in [5.41, 5.74) is -0.857. The second kappa shape index (κ2) is 7.09. The van der Waals surface area contributed by atoms with Crippen LogP contribution in [0.25, 0.3) is 0 Å². The van der Waals surface area contributed by atoms with Crippen LogP contribution < -0.4 is 4.72 Å². The van der Waals surface area contributed by atoms with Gasteiger partial charge in [0.15, 0.2) is 17.9 Å². The largest absolute Gasteiger partial charge is 0.280 e. The predicted octanol–water partition coefficient (Wildman–Crippen LogP) is 3.43. The Morgan fingerprint density at radius 2 is 2.09 bits per heavy atom. The molecule has 130 valence electrons. The van der Waals surface area contributed by atoms with Gasteiger partial charge in [0.25, 0.3) is 0 Å². The van der Waals surface area contributed by atoms with E-state index in [1.807, 2.05) is 11.6 Å². The van der Waals surface area contributed by atoms with Gasteiger partial charge in [0, 0.05) is 18.7 Å². The van der Waals surface area contributed by atoms with E-state index in [9.17, 15) is 21.6 Å². The lowest BCUT2D eigenvalue weighted by molar-refractivity contribution is 0.0401. The monoisotopic (exact) mass is 350 g/mol. The van der Waals surface area contributed by atoms with E-state index in [1.54, 1.807) is 0 Å². The van der Waals surface area contributed by atoms with Gasteiger partial charge in [-0.3, -0.25) is 9.62 Å². The van der Waals surface area contributed by atoms with Crippen molar-refractivity contribution < 1.29 is 21.6 Å². The molecular weight excluding hydrogens is 329 g/mol. The maximum absolute atomic E-state index is 14.9. The van der Waals surface area contributed by atoms with E-state index < -0.39 is 33.6 Å². The first kappa shape index (κ1) is 18.1. The molecule has 1 aromatic carbocycles. The molecule has 2 atom stereocenters. The Balaban J connectivity index is 2.36. The molecule has 8 heteroatoms. The number of halogens is 3. The highest BCUT2D eigenvalue weighted by atomic mass is 32.2. The van der Waals surface area contributed by atoms with Crippen LogP contribution in [-0.2, 0) is 10.0 Å². The zero-order valence-corrected chi connectivity index (χ0v) is 14.0. The number of benzene rings is 1. The minimum Gasteiger partial charge on any atom is -0.280 e. The van der Waals surface area contributed by atoms with Gasteiger partial charge in [0.05, 0.1) is 11.9 Å². The van der Waals surface area contributed by atoms with E-state index in [4.69, 9.17) is 0 Å². The first-order valence-electron chi connectivity index (χ1n) is 7.56. The Labute approximate surface area is 134 Å². The van der Waals surface area contributed by atoms with Gasteiger partial charge in [0.1, 0.15) is 0 Å². The number of hydrogen-bond donors (Lipinski definition) is 1. The Hall–Kier alpha value is -1.28. The van der Waals surface area contributed by atoms with Gasteiger partial charge >= 0.3 is 0 Å². The second-order valence-electron chi connectivity index (χ2n) is 5.95. The van der Waals surface area contributed by atoms with E-state index >= 15 is 0 Å². The number of sulfonamides is 1. The lowest BCUT2D eigenvalue weighted by atomic mass is 9.95. The molecular formula is C15H21F3N2O2S. The Morgan fingerprint density at radius 1 is 1.39 bits per heavy atom.